The van der Waals surface area contributed by atoms with Gasteiger partial charge < -0.3 is 0 Å². The number of carbonyl (C=O) groups excluding carboxylic acids is 2. The molecule has 0 aromatic carbocycles. The van der Waals surface area contributed by atoms with Crippen LogP contribution in [0.4, 0.5) is 4.39 Å². The standard InChI is InChI=1S/C19H27FO2/c1-18-8-7-15-13(14(18)5-6-17(18)22)4-3-11-9-12(21)10-16(20)19(11,15)2/h11,13-16H,3-10H2,1-2H3/t11?,13-,14-,15-,16?,18-,19-/m0/s1. The monoisotopic (exact) mass is 306 g/mol. The third-order valence-electron chi connectivity index (χ3n) is 8.23. The Morgan fingerprint density at radius 1 is 1.00 bits per heavy atom. The number of hydrogen-bond donors (Lipinski definition) is 0. The van der Waals surface area contributed by atoms with Gasteiger partial charge in [-0.1, -0.05) is 13.8 Å². The Kier molecular flexibility index (Phi) is 3.13. The molecule has 4 saturated carbocycles. The van der Waals surface area contributed by atoms with Crippen molar-refractivity contribution in [2.24, 2.45) is 34.5 Å². The van der Waals surface area contributed by atoms with Crippen LogP contribution in [0, 0.1) is 34.5 Å². The van der Waals surface area contributed by atoms with Crippen LogP contribution in [-0.4, -0.2) is 17.7 Å². The highest BCUT2D eigenvalue weighted by Gasteiger charge is 2.62. The van der Waals surface area contributed by atoms with Gasteiger partial charge in [-0.05, 0) is 55.8 Å². The quantitative estimate of drug-likeness (QED) is 0.675. The van der Waals surface area contributed by atoms with E-state index in [4.69, 9.17) is 0 Å². The summed E-state index contributed by atoms with van der Waals surface area (Å²) in [4.78, 5) is 24.2. The van der Waals surface area contributed by atoms with E-state index in [0.717, 1.165) is 38.5 Å². The molecule has 0 aromatic heterocycles. The van der Waals surface area contributed by atoms with Crippen LogP contribution in [0.15, 0.2) is 0 Å². The fourth-order valence-electron chi connectivity index (χ4n) is 6.83. The summed E-state index contributed by atoms with van der Waals surface area (Å²) in [6, 6.07) is 0. The van der Waals surface area contributed by atoms with Crippen LogP contribution in [0.5, 0.6) is 0 Å². The number of fused-ring (bicyclic) bond motifs is 5. The van der Waals surface area contributed by atoms with E-state index in [2.05, 4.69) is 13.8 Å². The largest absolute Gasteiger partial charge is 0.300 e. The zero-order valence-electron chi connectivity index (χ0n) is 13.7. The average Bonchev–Trinajstić information content (AvgIpc) is 2.77. The topological polar surface area (TPSA) is 34.1 Å². The van der Waals surface area contributed by atoms with Gasteiger partial charge in [0.2, 0.25) is 0 Å². The molecule has 122 valence electrons. The molecule has 0 spiro atoms. The summed E-state index contributed by atoms with van der Waals surface area (Å²) in [6.45, 7) is 4.28. The molecule has 0 aromatic rings. The predicted molar refractivity (Wildman–Crippen MR) is 82.0 cm³/mol. The number of rotatable bonds is 0. The lowest BCUT2D eigenvalue weighted by molar-refractivity contribution is -0.157. The van der Waals surface area contributed by atoms with Crippen LogP contribution < -0.4 is 0 Å². The van der Waals surface area contributed by atoms with E-state index in [0.29, 0.717) is 30.0 Å². The Labute approximate surface area is 132 Å². The van der Waals surface area contributed by atoms with E-state index in [9.17, 15) is 14.0 Å². The van der Waals surface area contributed by atoms with Crippen LogP contribution >= 0.6 is 0 Å². The smallest absolute Gasteiger partial charge is 0.139 e. The molecule has 0 bridgehead atoms. The number of Topliss-reactive ketones (excluding diaryl/α,β-unsaturated/α-hetero) is 2. The molecule has 0 heterocycles. The first-order valence-electron chi connectivity index (χ1n) is 9.06. The Balaban J connectivity index is 1.69. The summed E-state index contributed by atoms with van der Waals surface area (Å²) in [6.07, 6.45) is 5.44. The summed E-state index contributed by atoms with van der Waals surface area (Å²) >= 11 is 0. The summed E-state index contributed by atoms with van der Waals surface area (Å²) in [5.41, 5.74) is -0.468. The summed E-state index contributed by atoms with van der Waals surface area (Å²) < 4.78 is 15.0. The maximum Gasteiger partial charge on any atom is 0.139 e. The Morgan fingerprint density at radius 2 is 1.77 bits per heavy atom. The van der Waals surface area contributed by atoms with E-state index >= 15 is 0 Å². The molecule has 2 unspecified atom stereocenters. The second-order valence-corrected chi connectivity index (χ2v) is 8.85. The second kappa shape index (κ2) is 4.64. The molecule has 4 rings (SSSR count). The summed E-state index contributed by atoms with van der Waals surface area (Å²) in [5.74, 6) is 2.12. The van der Waals surface area contributed by atoms with Crippen molar-refractivity contribution >= 4 is 11.6 Å². The maximum absolute atomic E-state index is 15.0. The SMILES string of the molecule is C[C@]12C(F)CC(=O)CC1CC[C@@H]1[C@@H]2CC[C@]2(C)C(=O)CC[C@@H]12. The van der Waals surface area contributed by atoms with Crippen molar-refractivity contribution in [2.45, 2.75) is 71.4 Å². The second-order valence-electron chi connectivity index (χ2n) is 8.85. The van der Waals surface area contributed by atoms with Crippen molar-refractivity contribution in [3.05, 3.63) is 0 Å². The molecule has 4 aliphatic rings. The summed E-state index contributed by atoms with van der Waals surface area (Å²) in [5, 5.41) is 0. The van der Waals surface area contributed by atoms with Gasteiger partial charge in [0.15, 0.2) is 0 Å². The molecule has 0 N–H and O–H groups in total. The van der Waals surface area contributed by atoms with E-state index in [1.54, 1.807) is 0 Å². The Hall–Kier alpha value is -0.730. The van der Waals surface area contributed by atoms with E-state index in [1.807, 2.05) is 0 Å². The van der Waals surface area contributed by atoms with Crippen molar-refractivity contribution in [3.63, 3.8) is 0 Å². The minimum Gasteiger partial charge on any atom is -0.300 e. The van der Waals surface area contributed by atoms with Gasteiger partial charge in [-0.25, -0.2) is 4.39 Å². The fraction of sp³-hybridized carbons (Fsp3) is 0.895. The van der Waals surface area contributed by atoms with Crippen molar-refractivity contribution in [2.75, 3.05) is 0 Å². The lowest BCUT2D eigenvalue weighted by atomic mass is 9.45. The summed E-state index contributed by atoms with van der Waals surface area (Å²) in [7, 11) is 0. The van der Waals surface area contributed by atoms with Crippen molar-refractivity contribution in [1.29, 1.82) is 0 Å². The molecule has 0 aliphatic heterocycles. The number of halogens is 1. The normalized spacial score (nSPS) is 54.6. The van der Waals surface area contributed by atoms with Crippen LogP contribution in [0.2, 0.25) is 0 Å². The minimum absolute atomic E-state index is 0.116. The van der Waals surface area contributed by atoms with E-state index in [-0.39, 0.29) is 29.0 Å². The van der Waals surface area contributed by atoms with Gasteiger partial charge in [0, 0.05) is 30.1 Å². The fourth-order valence-corrected chi connectivity index (χ4v) is 6.83. The van der Waals surface area contributed by atoms with Crippen molar-refractivity contribution < 1.29 is 14.0 Å². The van der Waals surface area contributed by atoms with Gasteiger partial charge in [0.05, 0.1) is 0 Å². The first-order valence-corrected chi connectivity index (χ1v) is 9.06. The van der Waals surface area contributed by atoms with Gasteiger partial charge >= 0.3 is 0 Å². The highest BCUT2D eigenvalue weighted by Crippen LogP contribution is 2.65. The molecular weight excluding hydrogens is 279 g/mol. The van der Waals surface area contributed by atoms with Crippen LogP contribution in [-0.2, 0) is 9.59 Å². The minimum atomic E-state index is -0.979. The lowest BCUT2D eigenvalue weighted by Gasteiger charge is -2.60. The number of alkyl halides is 1. The zero-order valence-corrected chi connectivity index (χ0v) is 13.7. The maximum atomic E-state index is 15.0. The van der Waals surface area contributed by atoms with Gasteiger partial charge in [-0.15, -0.1) is 0 Å². The molecule has 22 heavy (non-hydrogen) atoms. The highest BCUT2D eigenvalue weighted by atomic mass is 19.1. The first-order chi connectivity index (χ1) is 10.4. The van der Waals surface area contributed by atoms with E-state index in [1.165, 1.54) is 0 Å². The van der Waals surface area contributed by atoms with Crippen molar-refractivity contribution in [1.82, 2.24) is 0 Å². The molecule has 0 amide bonds. The molecular formula is C19H27FO2. The van der Waals surface area contributed by atoms with Crippen LogP contribution in [0.25, 0.3) is 0 Å². The average molecular weight is 306 g/mol. The molecule has 4 fully saturated rings. The molecule has 2 nitrogen and oxygen atoms in total. The van der Waals surface area contributed by atoms with E-state index < -0.39 is 6.17 Å². The molecule has 7 atom stereocenters. The van der Waals surface area contributed by atoms with Crippen molar-refractivity contribution in [3.8, 4) is 0 Å². The van der Waals surface area contributed by atoms with Crippen LogP contribution in [0.3, 0.4) is 0 Å². The molecule has 4 aliphatic carbocycles. The Bertz CT molecular complexity index is 530. The molecule has 0 saturated heterocycles. The number of ketones is 2. The number of carbonyl (C=O) groups is 2. The van der Waals surface area contributed by atoms with Gasteiger partial charge in [-0.3, -0.25) is 9.59 Å². The van der Waals surface area contributed by atoms with Gasteiger partial charge in [0.1, 0.15) is 17.7 Å². The third kappa shape index (κ3) is 1.71. The number of hydrogen-bond acceptors (Lipinski definition) is 2. The highest BCUT2D eigenvalue weighted by molar-refractivity contribution is 5.87. The molecule has 0 radical (unpaired) electrons. The molecule has 3 heteroatoms. The first kappa shape index (κ1) is 14.8. The lowest BCUT2D eigenvalue weighted by Crippen LogP contribution is -2.57. The van der Waals surface area contributed by atoms with Gasteiger partial charge in [-0.2, -0.15) is 0 Å². The van der Waals surface area contributed by atoms with Gasteiger partial charge in [0.25, 0.3) is 0 Å². The third-order valence-corrected chi connectivity index (χ3v) is 8.23. The van der Waals surface area contributed by atoms with Crippen LogP contribution in [0.1, 0.15) is 65.2 Å². The Morgan fingerprint density at radius 3 is 2.55 bits per heavy atom. The predicted octanol–water partition coefficient (Wildman–Crippen LogP) is 4.12. The zero-order chi connectivity index (χ0) is 15.7.